The lowest BCUT2D eigenvalue weighted by atomic mass is 9.84. The molecular formula is C19H28N2O3S. The molecule has 0 N–H and O–H groups in total. The van der Waals surface area contributed by atoms with Crippen molar-refractivity contribution in [3.63, 3.8) is 0 Å². The van der Waals surface area contributed by atoms with Crippen molar-refractivity contribution in [3.05, 3.63) is 35.9 Å². The molecular weight excluding hydrogens is 336 g/mol. The van der Waals surface area contributed by atoms with Crippen molar-refractivity contribution in [2.45, 2.75) is 44.6 Å². The molecule has 1 aromatic rings. The predicted molar refractivity (Wildman–Crippen MR) is 98.6 cm³/mol. The quantitative estimate of drug-likeness (QED) is 0.805. The predicted octanol–water partition coefficient (Wildman–Crippen LogP) is 2.28. The third-order valence-electron chi connectivity index (χ3n) is 5.52. The summed E-state index contributed by atoms with van der Waals surface area (Å²) in [5.74, 6) is 0.522. The number of amides is 1. The van der Waals surface area contributed by atoms with Gasteiger partial charge in [-0.3, -0.25) is 4.79 Å². The second kappa shape index (κ2) is 7.87. The third kappa shape index (κ3) is 4.61. The molecule has 1 amide bonds. The summed E-state index contributed by atoms with van der Waals surface area (Å²) in [6.45, 7) is 1.93. The molecule has 25 heavy (non-hydrogen) atoms. The summed E-state index contributed by atoms with van der Waals surface area (Å²) < 4.78 is 25.2. The second-order valence-corrected chi connectivity index (χ2v) is 9.29. The minimum atomic E-state index is -3.13. The normalized spacial score (nSPS) is 24.8. The van der Waals surface area contributed by atoms with Crippen LogP contribution in [0, 0.1) is 5.92 Å². The molecule has 2 aliphatic rings. The maximum absolute atomic E-state index is 12.7. The van der Waals surface area contributed by atoms with E-state index in [2.05, 4.69) is 12.1 Å². The van der Waals surface area contributed by atoms with E-state index in [1.54, 1.807) is 4.31 Å². The molecule has 0 radical (unpaired) electrons. The summed E-state index contributed by atoms with van der Waals surface area (Å²) in [7, 11) is -3.13. The molecule has 0 aliphatic carbocycles. The molecule has 138 valence electrons. The fourth-order valence-electron chi connectivity index (χ4n) is 4.21. The Labute approximate surface area is 151 Å². The lowest BCUT2D eigenvalue weighted by molar-refractivity contribution is -0.137. The SMILES string of the molecule is CS(=O)(=O)N1CC[C@H]2[C@H](CCCN2C(=O)CCCc2ccccc2)C1. The maximum Gasteiger partial charge on any atom is 0.222 e. The van der Waals surface area contributed by atoms with Gasteiger partial charge in [0.05, 0.1) is 6.26 Å². The highest BCUT2D eigenvalue weighted by atomic mass is 32.2. The molecule has 0 spiro atoms. The Morgan fingerprint density at radius 3 is 2.64 bits per heavy atom. The summed E-state index contributed by atoms with van der Waals surface area (Å²) in [6.07, 6.45) is 6.41. The smallest absolute Gasteiger partial charge is 0.222 e. The van der Waals surface area contributed by atoms with E-state index in [0.29, 0.717) is 19.5 Å². The number of benzene rings is 1. The van der Waals surface area contributed by atoms with E-state index in [4.69, 9.17) is 0 Å². The molecule has 5 nitrogen and oxygen atoms in total. The number of likely N-dealkylation sites (tertiary alicyclic amines) is 1. The van der Waals surface area contributed by atoms with E-state index >= 15 is 0 Å². The van der Waals surface area contributed by atoms with Gasteiger partial charge in [0.1, 0.15) is 0 Å². The van der Waals surface area contributed by atoms with E-state index in [1.165, 1.54) is 11.8 Å². The summed E-state index contributed by atoms with van der Waals surface area (Å²) >= 11 is 0. The Bertz CT molecular complexity index is 690. The van der Waals surface area contributed by atoms with Crippen molar-refractivity contribution in [3.8, 4) is 0 Å². The highest BCUT2D eigenvalue weighted by Crippen LogP contribution is 2.32. The molecule has 0 aromatic heterocycles. The summed E-state index contributed by atoms with van der Waals surface area (Å²) in [5, 5.41) is 0. The minimum Gasteiger partial charge on any atom is -0.339 e. The maximum atomic E-state index is 12.7. The van der Waals surface area contributed by atoms with E-state index in [1.807, 2.05) is 23.1 Å². The molecule has 0 saturated carbocycles. The van der Waals surface area contributed by atoms with Crippen molar-refractivity contribution in [2.24, 2.45) is 5.92 Å². The zero-order valence-corrected chi connectivity index (χ0v) is 15.7. The molecule has 0 unspecified atom stereocenters. The molecule has 6 heteroatoms. The molecule has 3 rings (SSSR count). The van der Waals surface area contributed by atoms with Crippen LogP contribution in [0.1, 0.15) is 37.7 Å². The molecule has 2 aliphatic heterocycles. The van der Waals surface area contributed by atoms with Gasteiger partial charge in [-0.05, 0) is 43.6 Å². The first kappa shape index (κ1) is 18.4. The Hall–Kier alpha value is -1.40. The molecule has 2 atom stereocenters. The van der Waals surface area contributed by atoms with Crippen LogP contribution in [0.2, 0.25) is 0 Å². The van der Waals surface area contributed by atoms with E-state index in [0.717, 1.165) is 38.6 Å². The van der Waals surface area contributed by atoms with Gasteiger partial charge >= 0.3 is 0 Å². The van der Waals surface area contributed by atoms with Gasteiger partial charge in [-0.15, -0.1) is 0 Å². The van der Waals surface area contributed by atoms with Gasteiger partial charge < -0.3 is 4.90 Å². The average Bonchev–Trinajstić information content (AvgIpc) is 2.60. The second-order valence-electron chi connectivity index (χ2n) is 7.31. The van der Waals surface area contributed by atoms with Crippen LogP contribution >= 0.6 is 0 Å². The van der Waals surface area contributed by atoms with Crippen LogP contribution in [0.4, 0.5) is 0 Å². The number of hydrogen-bond donors (Lipinski definition) is 0. The number of carbonyl (C=O) groups excluding carboxylic acids is 1. The number of fused-ring (bicyclic) bond motifs is 1. The zero-order chi connectivity index (χ0) is 17.9. The van der Waals surface area contributed by atoms with Crippen LogP contribution in [0.5, 0.6) is 0 Å². The number of carbonyl (C=O) groups is 1. The number of sulfonamides is 1. The summed E-state index contributed by atoms with van der Waals surface area (Å²) in [6, 6.07) is 10.5. The fourth-order valence-corrected chi connectivity index (χ4v) is 5.11. The van der Waals surface area contributed by atoms with Gasteiger partial charge in [0.15, 0.2) is 0 Å². The van der Waals surface area contributed by atoms with Gasteiger partial charge in [0.25, 0.3) is 0 Å². The van der Waals surface area contributed by atoms with E-state index in [-0.39, 0.29) is 17.9 Å². The monoisotopic (exact) mass is 364 g/mol. The number of aryl methyl sites for hydroxylation is 1. The highest BCUT2D eigenvalue weighted by Gasteiger charge is 2.39. The molecule has 2 fully saturated rings. The van der Waals surface area contributed by atoms with Crippen molar-refractivity contribution in [2.75, 3.05) is 25.9 Å². The molecule has 2 saturated heterocycles. The van der Waals surface area contributed by atoms with Crippen LogP contribution in [-0.4, -0.2) is 55.5 Å². The van der Waals surface area contributed by atoms with Crippen molar-refractivity contribution in [1.29, 1.82) is 0 Å². The lowest BCUT2D eigenvalue weighted by Gasteiger charge is -2.46. The Kier molecular flexibility index (Phi) is 5.79. The molecule has 2 heterocycles. The van der Waals surface area contributed by atoms with Crippen LogP contribution in [0.25, 0.3) is 0 Å². The first-order valence-corrected chi connectivity index (χ1v) is 11.1. The summed E-state index contributed by atoms with van der Waals surface area (Å²) in [5.41, 5.74) is 1.27. The van der Waals surface area contributed by atoms with Gasteiger partial charge in [-0.2, -0.15) is 0 Å². The van der Waals surface area contributed by atoms with Crippen LogP contribution in [0.3, 0.4) is 0 Å². The molecule has 1 aromatic carbocycles. The molecule has 0 bridgehead atoms. The Balaban J connectivity index is 1.54. The van der Waals surface area contributed by atoms with Crippen molar-refractivity contribution >= 4 is 15.9 Å². The van der Waals surface area contributed by atoms with Crippen molar-refractivity contribution in [1.82, 2.24) is 9.21 Å². The van der Waals surface area contributed by atoms with Gasteiger partial charge in [0.2, 0.25) is 15.9 Å². The first-order valence-electron chi connectivity index (χ1n) is 9.23. The largest absolute Gasteiger partial charge is 0.339 e. The minimum absolute atomic E-state index is 0.218. The standard InChI is InChI=1S/C19H28N2O3S/c1-25(23,24)20-14-12-18-17(15-20)10-6-13-21(18)19(22)11-5-9-16-7-3-2-4-8-16/h2-4,7-8,17-18H,5-6,9-15H2,1H3/t17-,18+/m1/s1. The van der Waals surface area contributed by atoms with Crippen LogP contribution < -0.4 is 0 Å². The zero-order valence-electron chi connectivity index (χ0n) is 14.9. The topological polar surface area (TPSA) is 57.7 Å². The van der Waals surface area contributed by atoms with Crippen LogP contribution in [0.15, 0.2) is 30.3 Å². The lowest BCUT2D eigenvalue weighted by Crippen LogP contribution is -2.56. The van der Waals surface area contributed by atoms with Gasteiger partial charge in [0, 0.05) is 32.1 Å². The third-order valence-corrected chi connectivity index (χ3v) is 6.79. The number of hydrogen-bond acceptors (Lipinski definition) is 3. The Morgan fingerprint density at radius 1 is 1.16 bits per heavy atom. The van der Waals surface area contributed by atoms with Crippen molar-refractivity contribution < 1.29 is 13.2 Å². The fraction of sp³-hybridized carbons (Fsp3) is 0.632. The number of nitrogens with zero attached hydrogens (tertiary/aromatic N) is 2. The number of piperidine rings is 2. The van der Waals surface area contributed by atoms with E-state index in [9.17, 15) is 13.2 Å². The highest BCUT2D eigenvalue weighted by molar-refractivity contribution is 7.88. The summed E-state index contributed by atoms with van der Waals surface area (Å²) in [4.78, 5) is 14.8. The number of rotatable bonds is 5. The van der Waals surface area contributed by atoms with Gasteiger partial charge in [-0.25, -0.2) is 12.7 Å². The van der Waals surface area contributed by atoms with Crippen LogP contribution in [-0.2, 0) is 21.2 Å². The Morgan fingerprint density at radius 2 is 1.92 bits per heavy atom. The average molecular weight is 365 g/mol. The van der Waals surface area contributed by atoms with Gasteiger partial charge in [-0.1, -0.05) is 30.3 Å². The van der Waals surface area contributed by atoms with E-state index < -0.39 is 10.0 Å². The first-order chi connectivity index (χ1) is 11.9.